The molecule has 5 heteroatoms. The smallest absolute Gasteiger partial charge is 0.219 e. The van der Waals surface area contributed by atoms with Gasteiger partial charge in [-0.2, -0.15) is 0 Å². The minimum Gasteiger partial charge on any atom is -0.489 e. The summed E-state index contributed by atoms with van der Waals surface area (Å²) in [5.41, 5.74) is 1.03. The molecule has 2 aromatic carbocycles. The molecule has 0 unspecified atom stereocenters. The van der Waals surface area contributed by atoms with Gasteiger partial charge in [-0.05, 0) is 48.0 Å². The van der Waals surface area contributed by atoms with Crippen molar-refractivity contribution in [1.82, 2.24) is 4.98 Å². The number of hydrogen-bond donors (Lipinski definition) is 0. The standard InChI is InChI=1S/C20H17NO4/c1-2-10-21-20(3-1)25-17-7-5-16(6-8-17)24-14-15-4-9-18-19(13-15)23-12-11-22-18/h1-10,13H,11-12,14H2. The third-order valence-electron chi connectivity index (χ3n) is 3.70. The first-order chi connectivity index (χ1) is 12.4. The molecule has 0 amide bonds. The Balaban J connectivity index is 1.37. The van der Waals surface area contributed by atoms with Gasteiger partial charge in [0.25, 0.3) is 0 Å². The Morgan fingerprint density at radius 2 is 1.64 bits per heavy atom. The third kappa shape index (κ3) is 3.83. The maximum Gasteiger partial charge on any atom is 0.219 e. The summed E-state index contributed by atoms with van der Waals surface area (Å²) in [5, 5.41) is 0. The van der Waals surface area contributed by atoms with Crippen LogP contribution in [0.25, 0.3) is 0 Å². The van der Waals surface area contributed by atoms with E-state index in [0.717, 1.165) is 22.8 Å². The quantitative estimate of drug-likeness (QED) is 0.698. The van der Waals surface area contributed by atoms with E-state index in [1.54, 1.807) is 6.20 Å². The molecule has 2 heterocycles. The Bertz CT molecular complexity index is 834. The van der Waals surface area contributed by atoms with Gasteiger partial charge in [-0.15, -0.1) is 0 Å². The lowest BCUT2D eigenvalue weighted by Crippen LogP contribution is -2.15. The maximum atomic E-state index is 5.82. The molecule has 5 nitrogen and oxygen atoms in total. The van der Waals surface area contributed by atoms with Crippen LogP contribution in [0.3, 0.4) is 0 Å². The Morgan fingerprint density at radius 3 is 2.44 bits per heavy atom. The minimum atomic E-state index is 0.455. The number of rotatable bonds is 5. The minimum absolute atomic E-state index is 0.455. The van der Waals surface area contributed by atoms with E-state index in [1.807, 2.05) is 60.7 Å². The second-order valence-corrected chi connectivity index (χ2v) is 5.51. The molecule has 1 aliphatic heterocycles. The first-order valence-electron chi connectivity index (χ1n) is 8.07. The number of nitrogens with zero attached hydrogens (tertiary/aromatic N) is 1. The van der Waals surface area contributed by atoms with Crippen LogP contribution >= 0.6 is 0 Å². The largest absolute Gasteiger partial charge is 0.489 e. The number of fused-ring (bicyclic) bond motifs is 1. The predicted octanol–water partition coefficient (Wildman–Crippen LogP) is 4.22. The molecule has 0 aliphatic carbocycles. The highest BCUT2D eigenvalue weighted by atomic mass is 16.6. The molecule has 1 aliphatic rings. The van der Waals surface area contributed by atoms with Gasteiger partial charge >= 0.3 is 0 Å². The van der Waals surface area contributed by atoms with Crippen LogP contribution in [0.5, 0.6) is 28.9 Å². The number of aromatic nitrogens is 1. The highest BCUT2D eigenvalue weighted by molar-refractivity contribution is 5.44. The van der Waals surface area contributed by atoms with E-state index in [2.05, 4.69) is 4.98 Å². The Hall–Kier alpha value is -3.21. The molecule has 1 aromatic heterocycles. The first-order valence-corrected chi connectivity index (χ1v) is 8.07. The van der Waals surface area contributed by atoms with Crippen LogP contribution < -0.4 is 18.9 Å². The molecule has 0 saturated carbocycles. The average molecular weight is 335 g/mol. The van der Waals surface area contributed by atoms with Crippen molar-refractivity contribution in [3.63, 3.8) is 0 Å². The highest BCUT2D eigenvalue weighted by Gasteiger charge is 2.11. The van der Waals surface area contributed by atoms with Gasteiger partial charge in [0.05, 0.1) is 0 Å². The lowest BCUT2D eigenvalue weighted by molar-refractivity contribution is 0.171. The Kier molecular flexibility index (Phi) is 4.37. The Morgan fingerprint density at radius 1 is 0.840 bits per heavy atom. The average Bonchev–Trinajstić information content (AvgIpc) is 2.68. The van der Waals surface area contributed by atoms with Gasteiger partial charge in [0.15, 0.2) is 11.5 Å². The molecule has 0 atom stereocenters. The zero-order chi connectivity index (χ0) is 16.9. The lowest BCUT2D eigenvalue weighted by Gasteiger charge is -2.19. The van der Waals surface area contributed by atoms with Crippen molar-refractivity contribution in [3.8, 4) is 28.9 Å². The van der Waals surface area contributed by atoms with Crippen LogP contribution in [0.4, 0.5) is 0 Å². The Labute approximate surface area is 145 Å². The van der Waals surface area contributed by atoms with Gasteiger partial charge in [0, 0.05) is 12.3 Å². The van der Waals surface area contributed by atoms with E-state index in [1.165, 1.54) is 0 Å². The zero-order valence-corrected chi connectivity index (χ0v) is 13.6. The molecular formula is C20H17NO4. The van der Waals surface area contributed by atoms with Crippen LogP contribution in [0.1, 0.15) is 5.56 Å². The van der Waals surface area contributed by atoms with Crippen molar-refractivity contribution in [1.29, 1.82) is 0 Å². The van der Waals surface area contributed by atoms with Crippen molar-refractivity contribution in [3.05, 3.63) is 72.4 Å². The summed E-state index contributed by atoms with van der Waals surface area (Å²) < 4.78 is 22.6. The normalized spacial score (nSPS) is 12.5. The lowest BCUT2D eigenvalue weighted by atomic mass is 10.2. The zero-order valence-electron chi connectivity index (χ0n) is 13.6. The molecule has 0 fully saturated rings. The van der Waals surface area contributed by atoms with Gasteiger partial charge in [-0.25, -0.2) is 4.98 Å². The van der Waals surface area contributed by atoms with Crippen LogP contribution in [0.2, 0.25) is 0 Å². The third-order valence-corrected chi connectivity index (χ3v) is 3.70. The molecule has 25 heavy (non-hydrogen) atoms. The monoisotopic (exact) mass is 335 g/mol. The van der Waals surface area contributed by atoms with Crippen molar-refractivity contribution >= 4 is 0 Å². The number of hydrogen-bond acceptors (Lipinski definition) is 5. The first kappa shape index (κ1) is 15.3. The van der Waals surface area contributed by atoms with Crippen LogP contribution in [-0.4, -0.2) is 18.2 Å². The summed E-state index contributed by atoms with van der Waals surface area (Å²) in [4.78, 5) is 4.13. The van der Waals surface area contributed by atoms with Gasteiger partial charge in [-0.3, -0.25) is 0 Å². The van der Waals surface area contributed by atoms with E-state index in [0.29, 0.717) is 31.5 Å². The molecule has 4 rings (SSSR count). The van der Waals surface area contributed by atoms with E-state index in [4.69, 9.17) is 18.9 Å². The number of pyridine rings is 1. The molecule has 0 saturated heterocycles. The van der Waals surface area contributed by atoms with Gasteiger partial charge in [0.2, 0.25) is 5.88 Å². The van der Waals surface area contributed by atoms with Crippen molar-refractivity contribution in [2.45, 2.75) is 6.61 Å². The summed E-state index contributed by atoms with van der Waals surface area (Å²) >= 11 is 0. The van der Waals surface area contributed by atoms with Crippen LogP contribution in [0, 0.1) is 0 Å². The van der Waals surface area contributed by atoms with Crippen molar-refractivity contribution in [2.75, 3.05) is 13.2 Å². The fourth-order valence-corrected chi connectivity index (χ4v) is 2.48. The van der Waals surface area contributed by atoms with Gasteiger partial charge in [-0.1, -0.05) is 12.1 Å². The van der Waals surface area contributed by atoms with Crippen LogP contribution in [-0.2, 0) is 6.61 Å². The number of ether oxygens (including phenoxy) is 4. The van der Waals surface area contributed by atoms with Gasteiger partial charge < -0.3 is 18.9 Å². The van der Waals surface area contributed by atoms with E-state index in [-0.39, 0.29) is 0 Å². The van der Waals surface area contributed by atoms with E-state index < -0.39 is 0 Å². The highest BCUT2D eigenvalue weighted by Crippen LogP contribution is 2.31. The summed E-state index contributed by atoms with van der Waals surface area (Å²) in [5.74, 6) is 3.60. The van der Waals surface area contributed by atoms with Crippen molar-refractivity contribution < 1.29 is 18.9 Å². The SMILES string of the molecule is c1ccc(Oc2ccc(OCc3ccc4c(c3)OCCO4)cc2)nc1. The number of benzene rings is 2. The van der Waals surface area contributed by atoms with Gasteiger partial charge in [0.1, 0.15) is 31.3 Å². The van der Waals surface area contributed by atoms with E-state index in [9.17, 15) is 0 Å². The molecule has 0 spiro atoms. The molecule has 126 valence electrons. The second kappa shape index (κ2) is 7.13. The molecular weight excluding hydrogens is 318 g/mol. The topological polar surface area (TPSA) is 49.8 Å². The molecule has 0 radical (unpaired) electrons. The predicted molar refractivity (Wildman–Crippen MR) is 92.5 cm³/mol. The molecule has 0 N–H and O–H groups in total. The van der Waals surface area contributed by atoms with Crippen molar-refractivity contribution in [2.24, 2.45) is 0 Å². The van der Waals surface area contributed by atoms with E-state index >= 15 is 0 Å². The fourth-order valence-electron chi connectivity index (χ4n) is 2.48. The molecule has 0 bridgehead atoms. The maximum absolute atomic E-state index is 5.82. The molecule has 3 aromatic rings. The summed E-state index contributed by atoms with van der Waals surface area (Å²) in [6.45, 7) is 1.63. The fraction of sp³-hybridized carbons (Fsp3) is 0.150. The second-order valence-electron chi connectivity index (χ2n) is 5.51. The van der Waals surface area contributed by atoms with Crippen LogP contribution in [0.15, 0.2) is 66.9 Å². The summed E-state index contributed by atoms with van der Waals surface area (Å²) in [7, 11) is 0. The summed E-state index contributed by atoms with van der Waals surface area (Å²) in [6, 6.07) is 18.8. The summed E-state index contributed by atoms with van der Waals surface area (Å²) in [6.07, 6.45) is 1.69.